The number of amides is 1. The number of carbonyl (C=O) groups is 1. The maximum Gasteiger partial charge on any atom is 0.243 e. The molecule has 1 aliphatic rings. The van der Waals surface area contributed by atoms with E-state index in [1.165, 1.54) is 6.08 Å². The molecule has 1 aromatic rings. The van der Waals surface area contributed by atoms with Gasteiger partial charge in [-0.25, -0.2) is 0 Å². The Balaban J connectivity index is 1.98. The van der Waals surface area contributed by atoms with Gasteiger partial charge in [-0.05, 0) is 25.1 Å². The zero-order valence-electron chi connectivity index (χ0n) is 11.0. The predicted octanol–water partition coefficient (Wildman–Crippen LogP) is 1.91. The number of nitrogens with one attached hydrogen (secondary N) is 1. The van der Waals surface area contributed by atoms with Gasteiger partial charge in [-0.2, -0.15) is 0 Å². The van der Waals surface area contributed by atoms with Crippen LogP contribution in [0.4, 0.5) is 0 Å². The summed E-state index contributed by atoms with van der Waals surface area (Å²) in [6.45, 7) is 6.05. The molecule has 1 amide bonds. The van der Waals surface area contributed by atoms with Gasteiger partial charge >= 0.3 is 0 Å². The third-order valence-corrected chi connectivity index (χ3v) is 3.16. The Bertz CT molecular complexity index is 432. The molecule has 2 rings (SSSR count). The van der Waals surface area contributed by atoms with E-state index in [4.69, 9.17) is 9.47 Å². The lowest BCUT2D eigenvalue weighted by Crippen LogP contribution is -2.62. The molecule has 3 unspecified atom stereocenters. The summed E-state index contributed by atoms with van der Waals surface area (Å²) in [6.07, 6.45) is 1.92. The van der Waals surface area contributed by atoms with Crippen LogP contribution in [0.5, 0.6) is 5.75 Å². The number of carbonyl (C=O) groups excluding carboxylic acids is 1. The molecule has 0 aliphatic heterocycles. The van der Waals surface area contributed by atoms with Crippen molar-refractivity contribution in [1.29, 1.82) is 0 Å². The average Bonchev–Trinajstić information content (AvgIpc) is 2.44. The van der Waals surface area contributed by atoms with E-state index in [2.05, 4.69) is 11.9 Å². The van der Waals surface area contributed by atoms with Gasteiger partial charge in [-0.1, -0.05) is 24.8 Å². The second-order valence-corrected chi connectivity index (χ2v) is 4.44. The van der Waals surface area contributed by atoms with Crippen LogP contribution in [0.15, 0.2) is 43.0 Å². The summed E-state index contributed by atoms with van der Waals surface area (Å²) in [5.74, 6) is 0.608. The van der Waals surface area contributed by atoms with Crippen molar-refractivity contribution >= 4 is 5.91 Å². The van der Waals surface area contributed by atoms with Gasteiger partial charge < -0.3 is 14.8 Å². The van der Waals surface area contributed by atoms with E-state index in [9.17, 15) is 4.79 Å². The van der Waals surface area contributed by atoms with Crippen LogP contribution >= 0.6 is 0 Å². The van der Waals surface area contributed by atoms with Crippen molar-refractivity contribution in [2.24, 2.45) is 0 Å². The summed E-state index contributed by atoms with van der Waals surface area (Å²) >= 11 is 0. The lowest BCUT2D eigenvalue weighted by molar-refractivity contribution is -0.128. The molecule has 4 nitrogen and oxygen atoms in total. The fourth-order valence-corrected chi connectivity index (χ4v) is 2.16. The van der Waals surface area contributed by atoms with Crippen LogP contribution in [0.2, 0.25) is 0 Å². The summed E-state index contributed by atoms with van der Waals surface area (Å²) in [4.78, 5) is 11.4. The first-order chi connectivity index (χ1) is 9.24. The van der Waals surface area contributed by atoms with E-state index >= 15 is 0 Å². The highest BCUT2D eigenvalue weighted by Crippen LogP contribution is 2.29. The maximum atomic E-state index is 11.4. The fraction of sp³-hybridized carbons (Fsp3) is 0.400. The molecule has 19 heavy (non-hydrogen) atoms. The first-order valence-electron chi connectivity index (χ1n) is 6.50. The van der Waals surface area contributed by atoms with Crippen LogP contribution in [0.25, 0.3) is 0 Å². The van der Waals surface area contributed by atoms with Gasteiger partial charge in [-0.15, -0.1) is 0 Å². The molecule has 4 heteroatoms. The number of hydrogen-bond donors (Lipinski definition) is 1. The molecule has 1 aliphatic carbocycles. The minimum absolute atomic E-state index is 0.0257. The average molecular weight is 261 g/mol. The van der Waals surface area contributed by atoms with Crippen molar-refractivity contribution in [3.05, 3.63) is 43.0 Å². The van der Waals surface area contributed by atoms with Gasteiger partial charge in [0.15, 0.2) is 0 Å². The molecule has 1 fully saturated rings. The van der Waals surface area contributed by atoms with Crippen LogP contribution in [-0.2, 0) is 9.53 Å². The lowest BCUT2D eigenvalue weighted by atomic mass is 9.85. The molecule has 0 heterocycles. The van der Waals surface area contributed by atoms with Crippen LogP contribution in [0, 0.1) is 0 Å². The molecule has 0 radical (unpaired) electrons. The Hall–Kier alpha value is -1.81. The summed E-state index contributed by atoms with van der Waals surface area (Å²) < 4.78 is 11.5. The number of hydrogen-bond acceptors (Lipinski definition) is 3. The number of ether oxygens (including phenoxy) is 2. The monoisotopic (exact) mass is 261 g/mol. The minimum Gasteiger partial charge on any atom is -0.486 e. The standard InChI is InChI=1S/C15H19NO3/c1-3-14(17)16-12-10-13(18-4-2)15(12)19-11-8-6-5-7-9-11/h3,5-9,12-13,15H,1,4,10H2,2H3,(H,16,17). The maximum absolute atomic E-state index is 11.4. The zero-order valence-corrected chi connectivity index (χ0v) is 11.0. The van der Waals surface area contributed by atoms with Crippen molar-refractivity contribution in [2.45, 2.75) is 31.6 Å². The molecule has 3 atom stereocenters. The van der Waals surface area contributed by atoms with Gasteiger partial charge in [-0.3, -0.25) is 4.79 Å². The Kier molecular flexibility index (Phi) is 4.58. The molecule has 0 aromatic heterocycles. The molecule has 0 bridgehead atoms. The third-order valence-electron chi connectivity index (χ3n) is 3.16. The Morgan fingerprint density at radius 2 is 2.21 bits per heavy atom. The van der Waals surface area contributed by atoms with Crippen molar-refractivity contribution in [3.8, 4) is 5.75 Å². The second kappa shape index (κ2) is 6.38. The zero-order chi connectivity index (χ0) is 13.7. The second-order valence-electron chi connectivity index (χ2n) is 4.44. The van der Waals surface area contributed by atoms with Gasteiger partial charge in [0.05, 0.1) is 12.1 Å². The summed E-state index contributed by atoms with van der Waals surface area (Å²) in [5, 5.41) is 2.86. The van der Waals surface area contributed by atoms with Crippen LogP contribution < -0.4 is 10.1 Å². The van der Waals surface area contributed by atoms with Crippen molar-refractivity contribution < 1.29 is 14.3 Å². The highest BCUT2D eigenvalue weighted by atomic mass is 16.5. The van der Waals surface area contributed by atoms with E-state index in [0.717, 1.165) is 12.2 Å². The summed E-state index contributed by atoms with van der Waals surface area (Å²) in [5.41, 5.74) is 0. The van der Waals surface area contributed by atoms with Crippen LogP contribution in [0.1, 0.15) is 13.3 Å². The highest BCUT2D eigenvalue weighted by molar-refractivity contribution is 5.87. The highest BCUT2D eigenvalue weighted by Gasteiger charge is 2.44. The Labute approximate surface area is 113 Å². The Morgan fingerprint density at radius 3 is 2.84 bits per heavy atom. The van der Waals surface area contributed by atoms with E-state index < -0.39 is 0 Å². The SMILES string of the molecule is C=CC(=O)NC1CC(OCC)C1Oc1ccccc1. The van der Waals surface area contributed by atoms with E-state index in [1.807, 2.05) is 37.3 Å². The quantitative estimate of drug-likeness (QED) is 0.796. The normalized spacial score (nSPS) is 25.2. The van der Waals surface area contributed by atoms with Crippen LogP contribution in [0.3, 0.4) is 0 Å². The van der Waals surface area contributed by atoms with E-state index in [0.29, 0.717) is 6.61 Å². The topological polar surface area (TPSA) is 47.6 Å². The number of rotatable bonds is 6. The summed E-state index contributed by atoms with van der Waals surface area (Å²) in [6, 6.07) is 9.54. The first kappa shape index (κ1) is 13.6. The molecular weight excluding hydrogens is 242 g/mol. The smallest absolute Gasteiger partial charge is 0.243 e. The molecule has 1 aromatic carbocycles. The molecule has 0 saturated heterocycles. The van der Waals surface area contributed by atoms with Gasteiger partial charge in [0, 0.05) is 13.0 Å². The molecule has 1 N–H and O–H groups in total. The van der Waals surface area contributed by atoms with Gasteiger partial charge in [0.25, 0.3) is 0 Å². The largest absolute Gasteiger partial charge is 0.486 e. The first-order valence-corrected chi connectivity index (χ1v) is 6.50. The lowest BCUT2D eigenvalue weighted by Gasteiger charge is -2.43. The number of benzene rings is 1. The van der Waals surface area contributed by atoms with Crippen LogP contribution in [-0.4, -0.2) is 30.8 Å². The molecule has 102 valence electrons. The third kappa shape index (κ3) is 3.35. The summed E-state index contributed by atoms with van der Waals surface area (Å²) in [7, 11) is 0. The van der Waals surface area contributed by atoms with Gasteiger partial charge in [0.2, 0.25) is 5.91 Å². The Morgan fingerprint density at radius 1 is 1.47 bits per heavy atom. The molecule has 1 saturated carbocycles. The predicted molar refractivity (Wildman–Crippen MR) is 73.0 cm³/mol. The van der Waals surface area contributed by atoms with Gasteiger partial charge in [0.1, 0.15) is 11.9 Å². The van der Waals surface area contributed by atoms with E-state index in [-0.39, 0.29) is 24.2 Å². The van der Waals surface area contributed by atoms with Crippen molar-refractivity contribution in [1.82, 2.24) is 5.32 Å². The molecule has 0 spiro atoms. The molecular formula is C15H19NO3. The number of para-hydroxylation sites is 1. The minimum atomic E-state index is -0.179. The van der Waals surface area contributed by atoms with Crippen molar-refractivity contribution in [2.75, 3.05) is 6.61 Å². The van der Waals surface area contributed by atoms with E-state index in [1.54, 1.807) is 0 Å². The van der Waals surface area contributed by atoms with Crippen molar-refractivity contribution in [3.63, 3.8) is 0 Å². The fourth-order valence-electron chi connectivity index (χ4n) is 2.16.